The number of anilines is 1. The summed E-state index contributed by atoms with van der Waals surface area (Å²) >= 11 is 7.73. The standard InChI is InChI=1S/C25H26ClN3O5S/c1-16(2)34-19-7-8-20(21(26)13-19)22-15-35-25(27-22)28-24(31)17-3-5-18(6-4-17)33-14-23(30)29-9-11-32-12-10-29/h3-8,13,15-16H,9-12,14H2,1-2H3,(H,27,28,31). The summed E-state index contributed by atoms with van der Waals surface area (Å²) in [5.74, 6) is 0.820. The molecule has 1 saturated heterocycles. The third-order valence-electron chi connectivity index (χ3n) is 5.16. The maximum atomic E-state index is 12.7. The van der Waals surface area contributed by atoms with E-state index in [0.29, 0.717) is 59.2 Å². The van der Waals surface area contributed by atoms with Gasteiger partial charge in [-0.05, 0) is 56.3 Å². The molecule has 0 unspecified atom stereocenters. The molecule has 0 radical (unpaired) electrons. The summed E-state index contributed by atoms with van der Waals surface area (Å²) in [5.41, 5.74) is 1.87. The molecule has 2 aromatic carbocycles. The zero-order valence-electron chi connectivity index (χ0n) is 19.5. The first-order valence-corrected chi connectivity index (χ1v) is 12.5. The highest BCUT2D eigenvalue weighted by Gasteiger charge is 2.17. The number of benzene rings is 2. The molecule has 1 aliphatic rings. The second-order valence-electron chi connectivity index (χ2n) is 8.11. The monoisotopic (exact) mass is 515 g/mol. The van der Waals surface area contributed by atoms with Gasteiger partial charge < -0.3 is 19.1 Å². The van der Waals surface area contributed by atoms with Crippen LogP contribution in [0.4, 0.5) is 5.13 Å². The molecule has 1 fully saturated rings. The van der Waals surface area contributed by atoms with Crippen LogP contribution in [-0.4, -0.2) is 60.7 Å². The van der Waals surface area contributed by atoms with E-state index in [1.54, 1.807) is 35.2 Å². The van der Waals surface area contributed by atoms with Gasteiger partial charge in [-0.25, -0.2) is 4.98 Å². The molecule has 2 heterocycles. The Morgan fingerprint density at radius 3 is 2.54 bits per heavy atom. The fraction of sp³-hybridized carbons (Fsp3) is 0.320. The molecule has 0 bridgehead atoms. The third-order valence-corrected chi connectivity index (χ3v) is 6.23. The van der Waals surface area contributed by atoms with Crippen molar-refractivity contribution in [3.8, 4) is 22.8 Å². The number of hydrogen-bond acceptors (Lipinski definition) is 7. The SMILES string of the molecule is CC(C)Oc1ccc(-c2csc(NC(=O)c3ccc(OCC(=O)N4CCOCC4)cc3)n2)c(Cl)c1. The number of rotatable bonds is 8. The van der Waals surface area contributed by atoms with Gasteiger partial charge in [0.2, 0.25) is 0 Å². The zero-order chi connectivity index (χ0) is 24.8. The van der Waals surface area contributed by atoms with Crippen LogP contribution in [0.25, 0.3) is 11.3 Å². The van der Waals surface area contributed by atoms with Gasteiger partial charge in [-0.2, -0.15) is 0 Å². The summed E-state index contributed by atoms with van der Waals surface area (Å²) in [7, 11) is 0. The van der Waals surface area contributed by atoms with Crippen molar-refractivity contribution in [2.75, 3.05) is 38.2 Å². The lowest BCUT2D eigenvalue weighted by Crippen LogP contribution is -2.42. The Kier molecular flexibility index (Phi) is 8.22. The minimum Gasteiger partial charge on any atom is -0.491 e. The minimum atomic E-state index is -0.298. The van der Waals surface area contributed by atoms with Crippen LogP contribution in [-0.2, 0) is 9.53 Å². The fourth-order valence-electron chi connectivity index (χ4n) is 3.42. The van der Waals surface area contributed by atoms with E-state index in [4.69, 9.17) is 25.8 Å². The number of ether oxygens (including phenoxy) is 3. The highest BCUT2D eigenvalue weighted by molar-refractivity contribution is 7.14. The van der Waals surface area contributed by atoms with Crippen molar-refractivity contribution in [2.24, 2.45) is 0 Å². The Balaban J connectivity index is 1.32. The molecule has 0 saturated carbocycles. The van der Waals surface area contributed by atoms with E-state index >= 15 is 0 Å². The van der Waals surface area contributed by atoms with Crippen molar-refractivity contribution in [2.45, 2.75) is 20.0 Å². The summed E-state index contributed by atoms with van der Waals surface area (Å²) in [6.45, 7) is 6.08. The van der Waals surface area contributed by atoms with Gasteiger partial charge in [-0.15, -0.1) is 11.3 Å². The molecule has 184 valence electrons. The first kappa shape index (κ1) is 25.0. The maximum Gasteiger partial charge on any atom is 0.260 e. The van der Waals surface area contributed by atoms with Gasteiger partial charge in [0.05, 0.1) is 30.0 Å². The molecule has 8 nitrogen and oxygen atoms in total. The Hall–Kier alpha value is -3.14. The summed E-state index contributed by atoms with van der Waals surface area (Å²) in [6, 6.07) is 12.1. The molecular weight excluding hydrogens is 490 g/mol. The van der Waals surface area contributed by atoms with E-state index in [0.717, 1.165) is 5.56 Å². The molecule has 10 heteroatoms. The summed E-state index contributed by atoms with van der Waals surface area (Å²) < 4.78 is 16.5. The van der Waals surface area contributed by atoms with Crippen molar-refractivity contribution >= 4 is 39.9 Å². The van der Waals surface area contributed by atoms with E-state index in [-0.39, 0.29) is 24.5 Å². The molecule has 1 aromatic heterocycles. The zero-order valence-corrected chi connectivity index (χ0v) is 21.0. The Morgan fingerprint density at radius 2 is 1.86 bits per heavy atom. The lowest BCUT2D eigenvalue weighted by Gasteiger charge is -2.26. The predicted octanol–water partition coefficient (Wildman–Crippen LogP) is 4.74. The number of thiazole rings is 1. The van der Waals surface area contributed by atoms with Crippen molar-refractivity contribution in [1.82, 2.24) is 9.88 Å². The lowest BCUT2D eigenvalue weighted by molar-refractivity contribution is -0.137. The number of hydrogen-bond donors (Lipinski definition) is 1. The van der Waals surface area contributed by atoms with Gasteiger partial charge in [0, 0.05) is 29.6 Å². The van der Waals surface area contributed by atoms with Crippen LogP contribution >= 0.6 is 22.9 Å². The van der Waals surface area contributed by atoms with E-state index in [9.17, 15) is 9.59 Å². The van der Waals surface area contributed by atoms with Crippen LogP contribution in [0, 0.1) is 0 Å². The van der Waals surface area contributed by atoms with Gasteiger partial charge in [-0.1, -0.05) is 11.6 Å². The Morgan fingerprint density at radius 1 is 1.14 bits per heavy atom. The third kappa shape index (κ3) is 6.72. The number of carbonyl (C=O) groups is 2. The summed E-state index contributed by atoms with van der Waals surface area (Å²) in [5, 5.41) is 5.62. The summed E-state index contributed by atoms with van der Waals surface area (Å²) in [6.07, 6.45) is 0.0521. The Labute approximate surface area is 212 Å². The van der Waals surface area contributed by atoms with Crippen molar-refractivity contribution in [1.29, 1.82) is 0 Å². The van der Waals surface area contributed by atoms with Crippen LogP contribution in [0.5, 0.6) is 11.5 Å². The summed E-state index contributed by atoms with van der Waals surface area (Å²) in [4.78, 5) is 31.1. The molecule has 0 spiro atoms. The maximum absolute atomic E-state index is 12.7. The van der Waals surface area contributed by atoms with Crippen molar-refractivity contribution in [3.63, 3.8) is 0 Å². The molecule has 3 aromatic rings. The smallest absolute Gasteiger partial charge is 0.260 e. The number of morpholine rings is 1. The normalized spacial score (nSPS) is 13.5. The van der Waals surface area contributed by atoms with Crippen molar-refractivity contribution in [3.05, 3.63) is 58.4 Å². The molecule has 1 N–H and O–H groups in total. The second-order valence-corrected chi connectivity index (χ2v) is 9.37. The number of amides is 2. The predicted molar refractivity (Wildman–Crippen MR) is 136 cm³/mol. The quantitative estimate of drug-likeness (QED) is 0.466. The van der Waals surface area contributed by atoms with E-state index in [1.807, 2.05) is 31.4 Å². The second kappa shape index (κ2) is 11.5. The van der Waals surface area contributed by atoms with Crippen molar-refractivity contribution < 1.29 is 23.8 Å². The number of carbonyl (C=O) groups excluding carboxylic acids is 2. The molecule has 0 atom stereocenters. The number of halogens is 1. The first-order valence-electron chi connectivity index (χ1n) is 11.2. The van der Waals surface area contributed by atoms with Crippen LogP contribution < -0.4 is 14.8 Å². The average Bonchev–Trinajstić information content (AvgIpc) is 3.31. The highest BCUT2D eigenvalue weighted by Crippen LogP contribution is 2.33. The molecule has 35 heavy (non-hydrogen) atoms. The average molecular weight is 516 g/mol. The largest absolute Gasteiger partial charge is 0.491 e. The van der Waals surface area contributed by atoms with Crippen LogP contribution in [0.1, 0.15) is 24.2 Å². The molecule has 4 rings (SSSR count). The number of nitrogens with one attached hydrogen (secondary N) is 1. The first-order chi connectivity index (χ1) is 16.9. The molecule has 2 amide bonds. The van der Waals surface area contributed by atoms with Gasteiger partial charge in [0.25, 0.3) is 11.8 Å². The van der Waals surface area contributed by atoms with Crippen LogP contribution in [0.3, 0.4) is 0 Å². The van der Waals surface area contributed by atoms with Gasteiger partial charge >= 0.3 is 0 Å². The van der Waals surface area contributed by atoms with Crippen LogP contribution in [0.2, 0.25) is 5.02 Å². The topological polar surface area (TPSA) is 90.0 Å². The molecule has 1 aliphatic heterocycles. The minimum absolute atomic E-state index is 0.0521. The Bertz CT molecular complexity index is 1180. The fourth-order valence-corrected chi connectivity index (χ4v) is 4.40. The van der Waals surface area contributed by atoms with Crippen LogP contribution in [0.15, 0.2) is 47.8 Å². The van der Waals surface area contributed by atoms with E-state index in [1.165, 1.54) is 11.3 Å². The number of aromatic nitrogens is 1. The lowest BCUT2D eigenvalue weighted by atomic mass is 10.1. The highest BCUT2D eigenvalue weighted by atomic mass is 35.5. The number of nitrogens with zero attached hydrogens (tertiary/aromatic N) is 2. The van der Waals surface area contributed by atoms with E-state index < -0.39 is 0 Å². The van der Waals surface area contributed by atoms with Gasteiger partial charge in [0.15, 0.2) is 11.7 Å². The van der Waals surface area contributed by atoms with E-state index in [2.05, 4.69) is 10.3 Å². The molecule has 0 aliphatic carbocycles. The molecular formula is C25H26ClN3O5S. The van der Waals surface area contributed by atoms with Gasteiger partial charge in [-0.3, -0.25) is 14.9 Å². The van der Waals surface area contributed by atoms with Gasteiger partial charge in [0.1, 0.15) is 11.5 Å².